The van der Waals surface area contributed by atoms with Gasteiger partial charge in [-0.1, -0.05) is 18.9 Å². The SMILES string of the molecule is C=C=C(C)NCc1cc(F)c(OC(C)=C=C)c(F)c1. The zero-order valence-corrected chi connectivity index (χ0v) is 10.9. The second-order valence-corrected chi connectivity index (χ2v) is 3.88. The zero-order chi connectivity index (χ0) is 14.4. The molecule has 100 valence electrons. The Labute approximate surface area is 111 Å². The van der Waals surface area contributed by atoms with Crippen molar-refractivity contribution in [2.45, 2.75) is 20.4 Å². The Morgan fingerprint density at radius 1 is 1.21 bits per heavy atom. The minimum atomic E-state index is -0.772. The molecule has 1 aromatic carbocycles. The molecule has 2 nitrogen and oxygen atoms in total. The lowest BCUT2D eigenvalue weighted by Gasteiger charge is -2.10. The number of benzene rings is 1. The van der Waals surface area contributed by atoms with Gasteiger partial charge in [-0.2, -0.15) is 0 Å². The Morgan fingerprint density at radius 2 is 1.79 bits per heavy atom. The highest BCUT2D eigenvalue weighted by Gasteiger charge is 2.13. The van der Waals surface area contributed by atoms with Gasteiger partial charge < -0.3 is 10.1 Å². The number of halogens is 2. The van der Waals surface area contributed by atoms with E-state index >= 15 is 0 Å². The predicted octanol–water partition coefficient (Wildman–Crippen LogP) is 3.81. The third-order valence-electron chi connectivity index (χ3n) is 2.39. The highest BCUT2D eigenvalue weighted by atomic mass is 19.1. The van der Waals surface area contributed by atoms with Gasteiger partial charge in [-0.25, -0.2) is 8.78 Å². The van der Waals surface area contributed by atoms with Crippen LogP contribution in [0, 0.1) is 11.6 Å². The maximum Gasteiger partial charge on any atom is 0.199 e. The van der Waals surface area contributed by atoms with Crippen LogP contribution in [0.4, 0.5) is 8.78 Å². The molecule has 0 fully saturated rings. The zero-order valence-electron chi connectivity index (χ0n) is 10.9. The first kappa shape index (κ1) is 14.8. The van der Waals surface area contributed by atoms with E-state index in [0.717, 1.165) is 0 Å². The van der Waals surface area contributed by atoms with Crippen LogP contribution in [0.2, 0.25) is 0 Å². The van der Waals surface area contributed by atoms with Crippen molar-refractivity contribution in [1.82, 2.24) is 5.32 Å². The summed E-state index contributed by atoms with van der Waals surface area (Å²) < 4.78 is 32.4. The van der Waals surface area contributed by atoms with E-state index in [-0.39, 0.29) is 12.3 Å². The quantitative estimate of drug-likeness (QED) is 0.644. The molecule has 0 aliphatic carbocycles. The standard InChI is InChI=1S/C15H15F2NO/c1-5-10(3)18-9-12-7-13(16)15(14(17)8-12)19-11(4)6-2/h7-8,18H,1-2,9H2,3-4H3. The van der Waals surface area contributed by atoms with Gasteiger partial charge in [-0.15, -0.1) is 5.73 Å². The van der Waals surface area contributed by atoms with Gasteiger partial charge in [-0.05, 0) is 24.6 Å². The summed E-state index contributed by atoms with van der Waals surface area (Å²) in [6, 6.07) is 2.41. The van der Waals surface area contributed by atoms with Crippen molar-refractivity contribution >= 4 is 0 Å². The summed E-state index contributed by atoms with van der Waals surface area (Å²) in [6.45, 7) is 10.3. The smallest absolute Gasteiger partial charge is 0.199 e. The molecular formula is C15H15F2NO. The van der Waals surface area contributed by atoms with E-state index in [9.17, 15) is 8.78 Å². The van der Waals surface area contributed by atoms with Gasteiger partial charge in [0.1, 0.15) is 5.76 Å². The third-order valence-corrected chi connectivity index (χ3v) is 2.39. The number of ether oxygens (including phenoxy) is 1. The van der Waals surface area contributed by atoms with Crippen LogP contribution in [-0.2, 0) is 6.54 Å². The van der Waals surface area contributed by atoms with Crippen molar-refractivity contribution in [1.29, 1.82) is 0 Å². The molecule has 1 aromatic rings. The van der Waals surface area contributed by atoms with Crippen molar-refractivity contribution in [3.8, 4) is 5.75 Å². The monoisotopic (exact) mass is 263 g/mol. The average molecular weight is 263 g/mol. The molecule has 0 bridgehead atoms. The molecule has 0 radical (unpaired) electrons. The number of rotatable bonds is 5. The fraction of sp³-hybridized carbons (Fsp3) is 0.200. The molecule has 0 amide bonds. The summed E-state index contributed by atoms with van der Waals surface area (Å²) >= 11 is 0. The molecule has 0 heterocycles. The predicted molar refractivity (Wildman–Crippen MR) is 70.5 cm³/mol. The van der Waals surface area contributed by atoms with E-state index < -0.39 is 17.4 Å². The minimum Gasteiger partial charge on any atom is -0.448 e. The van der Waals surface area contributed by atoms with Crippen molar-refractivity contribution in [2.24, 2.45) is 0 Å². The van der Waals surface area contributed by atoms with Crippen LogP contribution in [0.1, 0.15) is 19.4 Å². The minimum absolute atomic E-state index is 0.203. The van der Waals surface area contributed by atoms with Gasteiger partial charge in [0.25, 0.3) is 0 Å². The summed E-state index contributed by atoms with van der Waals surface area (Å²) in [6.07, 6.45) is 0. The second kappa shape index (κ2) is 6.60. The summed E-state index contributed by atoms with van der Waals surface area (Å²) in [5.74, 6) is -1.79. The Hall–Kier alpha value is -2.28. The van der Waals surface area contributed by atoms with Gasteiger partial charge in [0, 0.05) is 13.5 Å². The van der Waals surface area contributed by atoms with E-state index in [2.05, 4.69) is 29.9 Å². The second-order valence-electron chi connectivity index (χ2n) is 3.88. The maximum absolute atomic E-state index is 13.7. The topological polar surface area (TPSA) is 21.3 Å². The lowest BCUT2D eigenvalue weighted by Crippen LogP contribution is -2.10. The van der Waals surface area contributed by atoms with E-state index in [4.69, 9.17) is 4.74 Å². The Morgan fingerprint density at radius 3 is 2.26 bits per heavy atom. The van der Waals surface area contributed by atoms with E-state index in [1.807, 2.05) is 0 Å². The summed E-state index contributed by atoms with van der Waals surface area (Å²) in [4.78, 5) is 0. The number of hydrogen-bond acceptors (Lipinski definition) is 2. The highest BCUT2D eigenvalue weighted by Crippen LogP contribution is 2.25. The van der Waals surface area contributed by atoms with Crippen LogP contribution in [0.25, 0.3) is 0 Å². The molecule has 0 saturated heterocycles. The van der Waals surface area contributed by atoms with Gasteiger partial charge >= 0.3 is 0 Å². The molecule has 0 unspecified atom stereocenters. The Bertz CT molecular complexity index is 557. The fourth-order valence-electron chi connectivity index (χ4n) is 1.30. The molecule has 0 aliphatic rings. The first-order valence-corrected chi connectivity index (χ1v) is 5.61. The van der Waals surface area contributed by atoms with Crippen LogP contribution < -0.4 is 10.1 Å². The average Bonchev–Trinajstić information content (AvgIpc) is 2.39. The lowest BCUT2D eigenvalue weighted by atomic mass is 10.2. The Kier molecular flexibility index (Phi) is 5.13. The van der Waals surface area contributed by atoms with Crippen LogP contribution in [0.5, 0.6) is 5.75 Å². The van der Waals surface area contributed by atoms with E-state index in [1.165, 1.54) is 19.1 Å². The van der Waals surface area contributed by atoms with Crippen LogP contribution in [0.3, 0.4) is 0 Å². The molecule has 0 aliphatic heterocycles. The molecule has 1 rings (SSSR count). The fourth-order valence-corrected chi connectivity index (χ4v) is 1.30. The largest absolute Gasteiger partial charge is 0.448 e. The third kappa shape index (κ3) is 4.14. The van der Waals surface area contributed by atoms with Crippen molar-refractivity contribution in [3.05, 3.63) is 65.4 Å². The summed E-state index contributed by atoms with van der Waals surface area (Å²) in [5.41, 5.74) is 6.20. The van der Waals surface area contributed by atoms with Crippen molar-refractivity contribution < 1.29 is 13.5 Å². The summed E-state index contributed by atoms with van der Waals surface area (Å²) in [5, 5.41) is 2.92. The van der Waals surface area contributed by atoms with Gasteiger partial charge in [0.15, 0.2) is 17.4 Å². The molecule has 0 atom stereocenters. The van der Waals surface area contributed by atoms with E-state index in [1.54, 1.807) is 6.92 Å². The van der Waals surface area contributed by atoms with Crippen LogP contribution >= 0.6 is 0 Å². The van der Waals surface area contributed by atoms with Crippen LogP contribution in [0.15, 0.2) is 48.2 Å². The maximum atomic E-state index is 13.7. The number of hydrogen-bond donors (Lipinski definition) is 1. The normalized spacial score (nSPS) is 9.26. The molecule has 4 heteroatoms. The molecule has 0 spiro atoms. The molecule has 1 N–H and O–H groups in total. The van der Waals surface area contributed by atoms with E-state index in [0.29, 0.717) is 11.3 Å². The van der Waals surface area contributed by atoms with Crippen molar-refractivity contribution in [2.75, 3.05) is 0 Å². The van der Waals surface area contributed by atoms with Crippen molar-refractivity contribution in [3.63, 3.8) is 0 Å². The van der Waals surface area contributed by atoms with Gasteiger partial charge in [-0.3, -0.25) is 0 Å². The molecule has 0 aromatic heterocycles. The molecular weight excluding hydrogens is 248 g/mol. The number of allylic oxidation sites excluding steroid dienone is 2. The Balaban J connectivity index is 2.96. The molecule has 19 heavy (non-hydrogen) atoms. The van der Waals surface area contributed by atoms with Gasteiger partial charge in [0.05, 0.1) is 5.70 Å². The molecule has 0 saturated carbocycles. The summed E-state index contributed by atoms with van der Waals surface area (Å²) in [7, 11) is 0. The first-order valence-electron chi connectivity index (χ1n) is 5.61. The van der Waals surface area contributed by atoms with Crippen LogP contribution in [-0.4, -0.2) is 0 Å². The number of nitrogens with one attached hydrogen (secondary N) is 1. The van der Waals surface area contributed by atoms with Gasteiger partial charge in [0.2, 0.25) is 0 Å². The highest BCUT2D eigenvalue weighted by molar-refractivity contribution is 5.32. The lowest BCUT2D eigenvalue weighted by molar-refractivity contribution is 0.371. The first-order chi connectivity index (χ1) is 8.97.